The van der Waals surface area contributed by atoms with Gasteiger partial charge in [-0.3, -0.25) is 9.59 Å². The number of allylic oxidation sites excluding steroid dienone is 1. The van der Waals surface area contributed by atoms with Gasteiger partial charge >= 0.3 is 5.97 Å². The molecule has 210 valence electrons. The molecule has 0 spiro atoms. The Morgan fingerprint density at radius 3 is 1.90 bits per heavy atom. The quantitative estimate of drug-likeness (QED) is 0.105. The molecule has 4 rings (SSSR count). The lowest BCUT2D eigenvalue weighted by Crippen LogP contribution is -2.08. The van der Waals surface area contributed by atoms with E-state index < -0.39 is 5.97 Å². The van der Waals surface area contributed by atoms with E-state index in [1.54, 1.807) is 31.2 Å². The summed E-state index contributed by atoms with van der Waals surface area (Å²) in [5.41, 5.74) is 3.07. The van der Waals surface area contributed by atoms with Gasteiger partial charge in [0.2, 0.25) is 5.75 Å². The van der Waals surface area contributed by atoms with Crippen LogP contribution in [0.25, 0.3) is 29.4 Å². The van der Waals surface area contributed by atoms with Crippen molar-refractivity contribution >= 4 is 30.0 Å². The van der Waals surface area contributed by atoms with Crippen LogP contribution in [0.2, 0.25) is 0 Å². The van der Waals surface area contributed by atoms with Gasteiger partial charge < -0.3 is 23.4 Å². The summed E-state index contributed by atoms with van der Waals surface area (Å²) in [7, 11) is 4.54. The van der Waals surface area contributed by atoms with Gasteiger partial charge in [0.05, 0.1) is 33.5 Å². The standard InChI is InChI=1S/C34H32O7/c1-5-40-31(36)22-28-32(25-20-29(37-2)34(39-4)30(21-25)38-3)33(26(35)18-16-23-12-8-6-9-13-23)27(41-28)19-17-24-14-10-7-11-15-24/h6-21H,5,22H2,1-4H3/b18-16+,19-17+. The van der Waals surface area contributed by atoms with Crippen molar-refractivity contribution in [2.75, 3.05) is 27.9 Å². The zero-order valence-electron chi connectivity index (χ0n) is 23.5. The maximum atomic E-state index is 13.9. The SMILES string of the molecule is CCOC(=O)Cc1oc(/C=C/c2ccccc2)c(C(=O)/C=C/c2ccccc2)c1-c1cc(OC)c(OC)c(OC)c1. The minimum absolute atomic E-state index is 0.179. The summed E-state index contributed by atoms with van der Waals surface area (Å²) >= 11 is 0. The number of furan rings is 1. The van der Waals surface area contributed by atoms with Crippen LogP contribution in [0.4, 0.5) is 0 Å². The number of benzene rings is 3. The Balaban J connectivity index is 1.96. The Labute approximate surface area is 239 Å². The van der Waals surface area contributed by atoms with Crippen molar-refractivity contribution in [3.8, 4) is 28.4 Å². The molecule has 0 aliphatic rings. The highest BCUT2D eigenvalue weighted by Gasteiger charge is 2.28. The van der Waals surface area contributed by atoms with Crippen molar-refractivity contribution in [3.63, 3.8) is 0 Å². The third-order valence-electron chi connectivity index (χ3n) is 6.27. The molecule has 1 heterocycles. The average molecular weight is 553 g/mol. The Morgan fingerprint density at radius 1 is 0.780 bits per heavy atom. The number of hydrogen-bond donors (Lipinski definition) is 0. The lowest BCUT2D eigenvalue weighted by Gasteiger charge is -2.15. The van der Waals surface area contributed by atoms with Gasteiger partial charge in [0.15, 0.2) is 17.3 Å². The van der Waals surface area contributed by atoms with Gasteiger partial charge in [0.25, 0.3) is 0 Å². The summed E-state index contributed by atoms with van der Waals surface area (Å²) < 4.78 is 28.1. The summed E-state index contributed by atoms with van der Waals surface area (Å²) in [6.45, 7) is 1.95. The molecular formula is C34H32O7. The zero-order valence-corrected chi connectivity index (χ0v) is 23.5. The topological polar surface area (TPSA) is 84.2 Å². The molecule has 0 saturated carbocycles. The molecule has 0 radical (unpaired) electrons. The summed E-state index contributed by atoms with van der Waals surface area (Å²) in [6.07, 6.45) is 6.64. The van der Waals surface area contributed by atoms with Crippen LogP contribution in [-0.2, 0) is 16.0 Å². The van der Waals surface area contributed by atoms with E-state index in [0.717, 1.165) is 11.1 Å². The highest BCUT2D eigenvalue weighted by atomic mass is 16.5. The molecule has 0 aliphatic carbocycles. The first kappa shape index (κ1) is 29.0. The van der Waals surface area contributed by atoms with E-state index in [9.17, 15) is 9.59 Å². The lowest BCUT2D eigenvalue weighted by atomic mass is 9.94. The minimum atomic E-state index is -0.479. The van der Waals surface area contributed by atoms with Crippen LogP contribution in [0.3, 0.4) is 0 Å². The number of carbonyl (C=O) groups excluding carboxylic acids is 2. The molecule has 1 aromatic heterocycles. The third kappa shape index (κ3) is 6.94. The predicted octanol–water partition coefficient (Wildman–Crippen LogP) is 7.14. The summed E-state index contributed by atoms with van der Waals surface area (Å²) in [5.74, 6) is 0.989. The summed E-state index contributed by atoms with van der Waals surface area (Å²) in [6, 6.07) is 22.6. The van der Waals surface area contributed by atoms with Crippen LogP contribution in [0.5, 0.6) is 17.2 Å². The number of carbonyl (C=O) groups is 2. The van der Waals surface area contributed by atoms with Gasteiger partial charge in [-0.25, -0.2) is 0 Å². The van der Waals surface area contributed by atoms with Crippen molar-refractivity contribution in [1.82, 2.24) is 0 Å². The molecule has 0 unspecified atom stereocenters. The molecule has 7 nitrogen and oxygen atoms in total. The van der Waals surface area contributed by atoms with E-state index in [0.29, 0.717) is 34.1 Å². The Kier molecular flexibility index (Phi) is 9.78. The third-order valence-corrected chi connectivity index (χ3v) is 6.27. The molecule has 4 aromatic rings. The Bertz CT molecular complexity index is 1520. The van der Waals surface area contributed by atoms with Gasteiger partial charge in [0, 0.05) is 5.56 Å². The van der Waals surface area contributed by atoms with Crippen molar-refractivity contribution in [3.05, 3.63) is 107 Å². The molecule has 0 N–H and O–H groups in total. The Hall–Kier alpha value is -5.04. The van der Waals surface area contributed by atoms with Gasteiger partial charge in [-0.15, -0.1) is 0 Å². The molecule has 0 aliphatic heterocycles. The van der Waals surface area contributed by atoms with Crippen LogP contribution < -0.4 is 14.2 Å². The molecule has 41 heavy (non-hydrogen) atoms. The second-order valence-electron chi connectivity index (χ2n) is 8.89. The second kappa shape index (κ2) is 13.8. The van der Waals surface area contributed by atoms with Crippen LogP contribution in [0.1, 0.15) is 39.9 Å². The van der Waals surface area contributed by atoms with E-state index in [-0.39, 0.29) is 30.1 Å². The van der Waals surface area contributed by atoms with E-state index in [2.05, 4.69) is 0 Å². The lowest BCUT2D eigenvalue weighted by molar-refractivity contribution is -0.142. The molecular weight excluding hydrogens is 520 g/mol. The Morgan fingerprint density at radius 2 is 1.37 bits per heavy atom. The molecule has 7 heteroatoms. The van der Waals surface area contributed by atoms with Crippen molar-refractivity contribution in [1.29, 1.82) is 0 Å². The van der Waals surface area contributed by atoms with Crippen LogP contribution in [0.15, 0.2) is 83.3 Å². The highest BCUT2D eigenvalue weighted by molar-refractivity contribution is 6.13. The molecule has 0 amide bonds. The van der Waals surface area contributed by atoms with Crippen molar-refractivity contribution < 1.29 is 33.0 Å². The zero-order chi connectivity index (χ0) is 29.2. The number of hydrogen-bond acceptors (Lipinski definition) is 7. The minimum Gasteiger partial charge on any atom is -0.493 e. The smallest absolute Gasteiger partial charge is 0.313 e. The van der Waals surface area contributed by atoms with Gasteiger partial charge in [-0.05, 0) is 47.9 Å². The summed E-state index contributed by atoms with van der Waals surface area (Å²) in [5, 5.41) is 0. The normalized spacial score (nSPS) is 11.1. The van der Waals surface area contributed by atoms with Crippen LogP contribution >= 0.6 is 0 Å². The van der Waals surface area contributed by atoms with Crippen molar-refractivity contribution in [2.45, 2.75) is 13.3 Å². The van der Waals surface area contributed by atoms with E-state index in [1.165, 1.54) is 27.4 Å². The van der Waals surface area contributed by atoms with Gasteiger partial charge in [-0.2, -0.15) is 0 Å². The van der Waals surface area contributed by atoms with Crippen LogP contribution in [0, 0.1) is 0 Å². The van der Waals surface area contributed by atoms with Crippen LogP contribution in [-0.4, -0.2) is 39.7 Å². The molecule has 0 atom stereocenters. The summed E-state index contributed by atoms with van der Waals surface area (Å²) in [4.78, 5) is 26.6. The molecule has 0 bridgehead atoms. The highest BCUT2D eigenvalue weighted by Crippen LogP contribution is 2.44. The number of ether oxygens (including phenoxy) is 4. The molecule has 3 aromatic carbocycles. The maximum Gasteiger partial charge on any atom is 0.313 e. The fraction of sp³-hybridized carbons (Fsp3) is 0.176. The predicted molar refractivity (Wildman–Crippen MR) is 159 cm³/mol. The fourth-order valence-electron chi connectivity index (χ4n) is 4.41. The van der Waals surface area contributed by atoms with Gasteiger partial charge in [-0.1, -0.05) is 72.8 Å². The first-order valence-corrected chi connectivity index (χ1v) is 13.1. The first-order valence-electron chi connectivity index (χ1n) is 13.1. The van der Waals surface area contributed by atoms with E-state index >= 15 is 0 Å². The maximum absolute atomic E-state index is 13.9. The monoisotopic (exact) mass is 552 g/mol. The number of rotatable bonds is 12. The fourth-order valence-corrected chi connectivity index (χ4v) is 4.41. The second-order valence-corrected chi connectivity index (χ2v) is 8.89. The number of ketones is 1. The van der Waals surface area contributed by atoms with Crippen molar-refractivity contribution in [2.24, 2.45) is 0 Å². The molecule has 0 saturated heterocycles. The largest absolute Gasteiger partial charge is 0.493 e. The van der Waals surface area contributed by atoms with Gasteiger partial charge in [0.1, 0.15) is 17.9 Å². The molecule has 0 fully saturated rings. The number of esters is 1. The van der Waals surface area contributed by atoms with E-state index in [4.69, 9.17) is 23.4 Å². The number of methoxy groups -OCH3 is 3. The first-order chi connectivity index (χ1) is 20.0. The van der Waals surface area contributed by atoms with E-state index in [1.807, 2.05) is 66.7 Å². The average Bonchev–Trinajstić information content (AvgIpc) is 3.36.